The Morgan fingerprint density at radius 2 is 1.81 bits per heavy atom. The number of benzene rings is 1. The van der Waals surface area contributed by atoms with Gasteiger partial charge in [0, 0.05) is 31.7 Å². The fourth-order valence-corrected chi connectivity index (χ4v) is 4.20. The molecule has 1 aromatic carbocycles. The molecule has 0 atom stereocenters. The van der Waals surface area contributed by atoms with Gasteiger partial charge in [-0.2, -0.15) is 13.2 Å². The Kier molecular flexibility index (Phi) is 5.40. The number of carbonyl (C=O) groups is 3. The van der Waals surface area contributed by atoms with Gasteiger partial charge in [0.25, 0.3) is 11.8 Å². The van der Waals surface area contributed by atoms with Gasteiger partial charge in [-0.1, -0.05) is 0 Å². The Morgan fingerprint density at radius 3 is 2.38 bits per heavy atom. The predicted octanol–water partition coefficient (Wildman–Crippen LogP) is 3.90. The van der Waals surface area contributed by atoms with E-state index in [2.05, 4.69) is 4.98 Å². The number of amides is 4. The lowest BCUT2D eigenvalue weighted by Gasteiger charge is -2.21. The molecule has 2 fully saturated rings. The van der Waals surface area contributed by atoms with E-state index in [0.717, 1.165) is 4.90 Å². The lowest BCUT2D eigenvalue weighted by Crippen LogP contribution is -2.36. The van der Waals surface area contributed by atoms with Crippen LogP contribution in [0.3, 0.4) is 0 Å². The third kappa shape index (κ3) is 4.04. The van der Waals surface area contributed by atoms with Gasteiger partial charge in [-0.25, -0.2) is 9.69 Å². The highest BCUT2D eigenvalue weighted by Gasteiger charge is 2.65. The van der Waals surface area contributed by atoms with Crippen molar-refractivity contribution in [3.63, 3.8) is 0 Å². The van der Waals surface area contributed by atoms with Crippen molar-refractivity contribution < 1.29 is 27.6 Å². The van der Waals surface area contributed by atoms with Crippen LogP contribution in [0.15, 0.2) is 47.5 Å². The van der Waals surface area contributed by atoms with Gasteiger partial charge >= 0.3 is 11.5 Å². The zero-order valence-corrected chi connectivity index (χ0v) is 18.0. The molecule has 1 saturated carbocycles. The van der Waals surface area contributed by atoms with E-state index < -0.39 is 23.0 Å². The average Bonchev–Trinajstić information content (AvgIpc) is 3.50. The van der Waals surface area contributed by atoms with E-state index >= 15 is 0 Å². The predicted molar refractivity (Wildman–Crippen MR) is 111 cm³/mol. The van der Waals surface area contributed by atoms with Crippen molar-refractivity contribution in [2.75, 3.05) is 19.0 Å². The number of pyridine rings is 1. The molecule has 7 nitrogen and oxygen atoms in total. The molecule has 1 aromatic heterocycles. The van der Waals surface area contributed by atoms with Gasteiger partial charge in [0.15, 0.2) is 0 Å². The number of nitrogens with zero attached hydrogens (tertiary/aromatic N) is 4. The van der Waals surface area contributed by atoms with Crippen LogP contribution in [0.2, 0.25) is 0 Å². The van der Waals surface area contributed by atoms with E-state index in [1.165, 1.54) is 40.3 Å². The highest BCUT2D eigenvalue weighted by Crippen LogP contribution is 2.50. The molecule has 1 saturated heterocycles. The van der Waals surface area contributed by atoms with E-state index in [1.54, 1.807) is 26.2 Å². The van der Waals surface area contributed by atoms with E-state index in [0.29, 0.717) is 18.4 Å². The molecule has 1 aliphatic heterocycles. The first-order chi connectivity index (χ1) is 15.0. The van der Waals surface area contributed by atoms with Gasteiger partial charge in [-0.05, 0) is 66.6 Å². The van der Waals surface area contributed by atoms with Crippen molar-refractivity contribution in [3.05, 3.63) is 53.9 Å². The Labute approximate surface area is 186 Å². The van der Waals surface area contributed by atoms with Crippen LogP contribution in [0.4, 0.5) is 23.7 Å². The largest absolute Gasteiger partial charge is 0.446 e. The minimum atomic E-state index is -4.42. The summed E-state index contributed by atoms with van der Waals surface area (Å²) >= 11 is -0.262. The van der Waals surface area contributed by atoms with Crippen LogP contribution in [-0.2, 0) is 11.3 Å². The van der Waals surface area contributed by atoms with Crippen LogP contribution in [0, 0.1) is 0 Å². The Hall–Kier alpha value is -3.08. The zero-order chi connectivity index (χ0) is 23.3. The van der Waals surface area contributed by atoms with E-state index in [9.17, 15) is 27.6 Å². The van der Waals surface area contributed by atoms with Crippen molar-refractivity contribution in [1.82, 2.24) is 14.8 Å². The lowest BCUT2D eigenvalue weighted by molar-refractivity contribution is -0.120. The SMILES string of the molecule is CN(C)C(=O)c1cc(CN2C(=O)N(c3ccc(SC(F)(F)F)cc3)C(=O)C23CC3)ccn1. The first-order valence-corrected chi connectivity index (χ1v) is 10.5. The first-order valence-electron chi connectivity index (χ1n) is 9.70. The summed E-state index contributed by atoms with van der Waals surface area (Å²) in [4.78, 5) is 46.3. The molecule has 0 radical (unpaired) electrons. The maximum Gasteiger partial charge on any atom is 0.446 e. The molecule has 0 bridgehead atoms. The van der Waals surface area contributed by atoms with Crippen LogP contribution >= 0.6 is 11.8 Å². The van der Waals surface area contributed by atoms with E-state index in [-0.39, 0.29) is 40.5 Å². The fourth-order valence-electron chi connectivity index (χ4n) is 3.66. The molecule has 1 aliphatic carbocycles. The zero-order valence-electron chi connectivity index (χ0n) is 17.2. The number of halogens is 3. The molecular weight excluding hydrogens is 445 g/mol. The number of carbonyl (C=O) groups excluding carboxylic acids is 3. The molecule has 32 heavy (non-hydrogen) atoms. The van der Waals surface area contributed by atoms with Crippen LogP contribution < -0.4 is 4.90 Å². The van der Waals surface area contributed by atoms with Crippen molar-refractivity contribution in [3.8, 4) is 0 Å². The Balaban J connectivity index is 1.57. The van der Waals surface area contributed by atoms with E-state index in [4.69, 9.17) is 0 Å². The third-order valence-electron chi connectivity index (χ3n) is 5.38. The number of aromatic nitrogens is 1. The normalized spacial score (nSPS) is 17.3. The number of hydrogen-bond donors (Lipinski definition) is 0. The van der Waals surface area contributed by atoms with Gasteiger partial charge in [-0.15, -0.1) is 0 Å². The average molecular weight is 464 g/mol. The van der Waals surface area contributed by atoms with Gasteiger partial charge in [0.05, 0.1) is 5.69 Å². The van der Waals surface area contributed by atoms with Crippen LogP contribution in [0.5, 0.6) is 0 Å². The second kappa shape index (κ2) is 7.80. The van der Waals surface area contributed by atoms with Crippen LogP contribution in [-0.4, -0.2) is 57.8 Å². The summed E-state index contributed by atoms with van der Waals surface area (Å²) in [6.45, 7) is 0.110. The van der Waals surface area contributed by atoms with Gasteiger partial charge in [0.2, 0.25) is 0 Å². The summed E-state index contributed by atoms with van der Waals surface area (Å²) in [5.41, 5.74) is -4.28. The molecule has 2 heterocycles. The fraction of sp³-hybridized carbons (Fsp3) is 0.333. The van der Waals surface area contributed by atoms with Crippen LogP contribution in [0.25, 0.3) is 0 Å². The molecule has 4 amide bonds. The van der Waals surface area contributed by atoms with Crippen molar-refractivity contribution in [2.45, 2.75) is 35.3 Å². The topological polar surface area (TPSA) is 73.8 Å². The maximum atomic E-state index is 13.2. The second-order valence-corrected chi connectivity index (χ2v) is 8.97. The number of rotatable bonds is 5. The van der Waals surface area contributed by atoms with Crippen LogP contribution in [0.1, 0.15) is 28.9 Å². The summed E-state index contributed by atoms with van der Waals surface area (Å²) in [5, 5.41) is 0. The summed E-state index contributed by atoms with van der Waals surface area (Å²) in [5.74, 6) is -0.673. The smallest absolute Gasteiger partial charge is 0.343 e. The van der Waals surface area contributed by atoms with Crippen molar-refractivity contribution in [1.29, 1.82) is 0 Å². The highest BCUT2D eigenvalue weighted by atomic mass is 32.2. The highest BCUT2D eigenvalue weighted by molar-refractivity contribution is 8.00. The molecule has 168 valence electrons. The second-order valence-electron chi connectivity index (χ2n) is 7.83. The summed E-state index contributed by atoms with van der Waals surface area (Å²) < 4.78 is 37.7. The number of thioether (sulfide) groups is 1. The molecule has 0 unspecified atom stereocenters. The van der Waals surface area contributed by atoms with Crippen molar-refractivity contribution in [2.24, 2.45) is 0 Å². The third-order valence-corrected chi connectivity index (χ3v) is 6.12. The van der Waals surface area contributed by atoms with Crippen molar-refractivity contribution >= 4 is 35.3 Å². The molecule has 0 N–H and O–H groups in total. The van der Waals surface area contributed by atoms with Gasteiger partial charge < -0.3 is 9.80 Å². The molecule has 2 aliphatic rings. The summed E-state index contributed by atoms with van der Waals surface area (Å²) in [7, 11) is 3.21. The lowest BCUT2D eigenvalue weighted by atomic mass is 10.1. The summed E-state index contributed by atoms with van der Waals surface area (Å²) in [6.07, 6.45) is 2.48. The maximum absolute atomic E-state index is 13.2. The first kappa shape index (κ1) is 22.1. The monoisotopic (exact) mass is 464 g/mol. The summed E-state index contributed by atoms with van der Waals surface area (Å²) in [6, 6.07) is 7.86. The quantitative estimate of drug-likeness (QED) is 0.496. The molecular formula is C21H19F3N4O3S. The van der Waals surface area contributed by atoms with Gasteiger partial charge in [-0.3, -0.25) is 14.6 Å². The van der Waals surface area contributed by atoms with E-state index in [1.807, 2.05) is 0 Å². The minimum absolute atomic E-state index is 0.0341. The standard InChI is InChI=1S/C21H19F3N4O3S/c1-26(2)17(29)16-11-13(7-10-25-16)12-27-19(31)28(18(30)20(27)8-9-20)14-3-5-15(6-4-14)32-21(22,23)24/h3-7,10-11H,8-9,12H2,1-2H3. The number of anilines is 1. The minimum Gasteiger partial charge on any atom is -0.343 e. The Morgan fingerprint density at radius 1 is 1.16 bits per heavy atom. The number of alkyl halides is 3. The molecule has 4 rings (SSSR count). The molecule has 2 aromatic rings. The van der Waals surface area contributed by atoms with Gasteiger partial charge in [0.1, 0.15) is 11.2 Å². The molecule has 1 spiro atoms. The molecule has 11 heteroatoms. The number of urea groups is 1. The Bertz CT molecular complexity index is 1080. The number of imide groups is 1. The number of hydrogen-bond acceptors (Lipinski definition) is 5.